The summed E-state index contributed by atoms with van der Waals surface area (Å²) < 4.78 is 15.0. The molecule has 0 aliphatic carbocycles. The van der Waals surface area contributed by atoms with Gasteiger partial charge in [0.15, 0.2) is 5.82 Å². The van der Waals surface area contributed by atoms with E-state index in [1.807, 2.05) is 41.0 Å². The van der Waals surface area contributed by atoms with Gasteiger partial charge >= 0.3 is 0 Å². The molecule has 3 heterocycles. The van der Waals surface area contributed by atoms with E-state index >= 15 is 0 Å². The molecule has 2 aliphatic heterocycles. The zero-order valence-corrected chi connectivity index (χ0v) is 19.5. The van der Waals surface area contributed by atoms with Crippen LogP contribution in [0.5, 0.6) is 0 Å². The minimum atomic E-state index is -0.244. The van der Waals surface area contributed by atoms with Crippen molar-refractivity contribution in [2.45, 2.75) is 26.3 Å². The van der Waals surface area contributed by atoms with Crippen LogP contribution in [0.3, 0.4) is 0 Å². The SMILES string of the molecule is CCn1c(=O)c(N2CCC[C@H](C(=O)N3CCN(c4ccc(F)cc4)CC3)C2)nc2ccccc21. The molecule has 1 aromatic heterocycles. The van der Waals surface area contributed by atoms with Crippen molar-refractivity contribution in [3.05, 3.63) is 64.7 Å². The number of aromatic nitrogens is 2. The number of piperidine rings is 1. The summed E-state index contributed by atoms with van der Waals surface area (Å²) in [6.45, 7) is 6.51. The number of amides is 1. The van der Waals surface area contributed by atoms with E-state index in [2.05, 4.69) is 4.90 Å². The van der Waals surface area contributed by atoms with Crippen LogP contribution in [0.2, 0.25) is 0 Å². The summed E-state index contributed by atoms with van der Waals surface area (Å²) in [5.74, 6) is 0.208. The molecule has 0 saturated carbocycles. The summed E-state index contributed by atoms with van der Waals surface area (Å²) in [6.07, 6.45) is 1.68. The molecule has 7 nitrogen and oxygen atoms in total. The maximum absolute atomic E-state index is 13.4. The molecule has 1 amide bonds. The van der Waals surface area contributed by atoms with Crippen molar-refractivity contribution in [3.8, 4) is 0 Å². The van der Waals surface area contributed by atoms with Crippen molar-refractivity contribution in [2.75, 3.05) is 49.1 Å². The van der Waals surface area contributed by atoms with Crippen LogP contribution in [0, 0.1) is 11.7 Å². The quantitative estimate of drug-likeness (QED) is 0.595. The Kier molecular flexibility index (Phi) is 6.22. The lowest BCUT2D eigenvalue weighted by molar-refractivity contribution is -0.136. The second-order valence-electron chi connectivity index (χ2n) is 9.05. The van der Waals surface area contributed by atoms with E-state index in [4.69, 9.17) is 4.98 Å². The van der Waals surface area contributed by atoms with Gasteiger partial charge in [0.2, 0.25) is 5.91 Å². The first-order valence-electron chi connectivity index (χ1n) is 12.1. The Labute approximate surface area is 198 Å². The van der Waals surface area contributed by atoms with Crippen LogP contribution < -0.4 is 15.4 Å². The Hall–Kier alpha value is -3.42. The predicted octanol–water partition coefficient (Wildman–Crippen LogP) is 3.12. The van der Waals surface area contributed by atoms with Crippen LogP contribution in [0.1, 0.15) is 19.8 Å². The summed E-state index contributed by atoms with van der Waals surface area (Å²) in [7, 11) is 0. The van der Waals surface area contributed by atoms with Gasteiger partial charge < -0.3 is 19.3 Å². The average Bonchev–Trinajstić information content (AvgIpc) is 2.88. The number of aryl methyl sites for hydroxylation is 1. The third-order valence-corrected chi connectivity index (χ3v) is 7.00. The van der Waals surface area contributed by atoms with Crippen molar-refractivity contribution in [3.63, 3.8) is 0 Å². The number of hydrogen-bond acceptors (Lipinski definition) is 5. The lowest BCUT2D eigenvalue weighted by Gasteiger charge is -2.40. The normalized spacial score (nSPS) is 19.0. The fourth-order valence-electron chi connectivity index (χ4n) is 5.17. The molecule has 0 unspecified atom stereocenters. The molecule has 2 saturated heterocycles. The van der Waals surface area contributed by atoms with Crippen LogP contribution in [0.15, 0.2) is 53.3 Å². The lowest BCUT2D eigenvalue weighted by Crippen LogP contribution is -2.53. The second-order valence-corrected chi connectivity index (χ2v) is 9.05. The highest BCUT2D eigenvalue weighted by molar-refractivity contribution is 5.80. The van der Waals surface area contributed by atoms with E-state index in [1.165, 1.54) is 12.1 Å². The molecule has 2 aliphatic rings. The first kappa shape index (κ1) is 22.4. The molecule has 8 heteroatoms. The van der Waals surface area contributed by atoms with Gasteiger partial charge in [0, 0.05) is 51.5 Å². The van der Waals surface area contributed by atoms with Crippen LogP contribution >= 0.6 is 0 Å². The number of carbonyl (C=O) groups is 1. The molecule has 34 heavy (non-hydrogen) atoms. The number of piperazine rings is 1. The Morgan fingerprint density at radius 1 is 1.00 bits per heavy atom. The van der Waals surface area contributed by atoms with E-state index in [0.29, 0.717) is 32.0 Å². The molecular formula is C26H30FN5O2. The number of halogens is 1. The highest BCUT2D eigenvalue weighted by Gasteiger charge is 2.32. The van der Waals surface area contributed by atoms with Gasteiger partial charge in [-0.2, -0.15) is 0 Å². The summed E-state index contributed by atoms with van der Waals surface area (Å²) in [6, 6.07) is 14.2. The standard InChI is InChI=1S/C26H30FN5O2/c1-2-32-23-8-4-3-7-22(23)28-24(26(32)34)31-13-5-6-19(18-31)25(33)30-16-14-29(15-17-30)21-11-9-20(27)10-12-21/h3-4,7-12,19H,2,5-6,13-18H2,1H3/t19-/m0/s1. The number of benzene rings is 2. The third kappa shape index (κ3) is 4.24. The van der Waals surface area contributed by atoms with E-state index in [0.717, 1.165) is 49.2 Å². The number of nitrogens with zero attached hydrogens (tertiary/aromatic N) is 5. The first-order valence-corrected chi connectivity index (χ1v) is 12.1. The molecule has 2 fully saturated rings. The Morgan fingerprint density at radius 3 is 2.47 bits per heavy atom. The van der Waals surface area contributed by atoms with Gasteiger partial charge in [0.25, 0.3) is 5.56 Å². The molecule has 0 radical (unpaired) electrons. The van der Waals surface area contributed by atoms with Gasteiger partial charge in [-0.05, 0) is 56.2 Å². The minimum absolute atomic E-state index is 0.0952. The number of anilines is 2. The number of carbonyl (C=O) groups excluding carboxylic acids is 1. The minimum Gasteiger partial charge on any atom is -0.368 e. The molecule has 0 spiro atoms. The molecule has 0 N–H and O–H groups in total. The van der Waals surface area contributed by atoms with Crippen molar-refractivity contribution < 1.29 is 9.18 Å². The van der Waals surface area contributed by atoms with E-state index in [9.17, 15) is 14.0 Å². The second kappa shape index (κ2) is 9.44. The Morgan fingerprint density at radius 2 is 1.74 bits per heavy atom. The average molecular weight is 464 g/mol. The molecule has 0 bridgehead atoms. The predicted molar refractivity (Wildman–Crippen MR) is 132 cm³/mol. The number of para-hydroxylation sites is 2. The summed E-state index contributed by atoms with van der Waals surface area (Å²) >= 11 is 0. The summed E-state index contributed by atoms with van der Waals surface area (Å²) in [5.41, 5.74) is 2.51. The van der Waals surface area contributed by atoms with Crippen molar-refractivity contribution in [2.24, 2.45) is 5.92 Å². The van der Waals surface area contributed by atoms with Gasteiger partial charge in [-0.3, -0.25) is 9.59 Å². The maximum atomic E-state index is 13.4. The van der Waals surface area contributed by atoms with Crippen LogP contribution in [0.25, 0.3) is 11.0 Å². The zero-order chi connectivity index (χ0) is 23.7. The van der Waals surface area contributed by atoms with Crippen molar-refractivity contribution >= 4 is 28.4 Å². The zero-order valence-electron chi connectivity index (χ0n) is 19.5. The summed E-state index contributed by atoms with van der Waals surface area (Å²) in [5, 5.41) is 0. The van der Waals surface area contributed by atoms with E-state index in [1.54, 1.807) is 16.7 Å². The number of hydrogen-bond donors (Lipinski definition) is 0. The third-order valence-electron chi connectivity index (χ3n) is 7.00. The monoisotopic (exact) mass is 463 g/mol. The van der Waals surface area contributed by atoms with Crippen LogP contribution in [0.4, 0.5) is 15.9 Å². The van der Waals surface area contributed by atoms with Gasteiger partial charge in [0.1, 0.15) is 5.82 Å². The van der Waals surface area contributed by atoms with Crippen LogP contribution in [-0.2, 0) is 11.3 Å². The largest absolute Gasteiger partial charge is 0.368 e. The Balaban J connectivity index is 1.29. The molecule has 2 aromatic carbocycles. The van der Waals surface area contributed by atoms with E-state index in [-0.39, 0.29) is 23.2 Å². The lowest BCUT2D eigenvalue weighted by atomic mass is 9.96. The van der Waals surface area contributed by atoms with Crippen LogP contribution in [-0.4, -0.2) is 59.6 Å². The maximum Gasteiger partial charge on any atom is 0.293 e. The molecule has 3 aromatic rings. The number of fused-ring (bicyclic) bond motifs is 1. The fourth-order valence-corrected chi connectivity index (χ4v) is 5.17. The highest BCUT2D eigenvalue weighted by atomic mass is 19.1. The smallest absolute Gasteiger partial charge is 0.293 e. The van der Waals surface area contributed by atoms with Crippen molar-refractivity contribution in [1.29, 1.82) is 0 Å². The van der Waals surface area contributed by atoms with Gasteiger partial charge in [0.05, 0.1) is 17.0 Å². The van der Waals surface area contributed by atoms with E-state index < -0.39 is 0 Å². The molecular weight excluding hydrogens is 433 g/mol. The molecule has 178 valence electrons. The van der Waals surface area contributed by atoms with Crippen molar-refractivity contribution in [1.82, 2.24) is 14.5 Å². The Bertz CT molecular complexity index is 1230. The molecule has 1 atom stereocenters. The van der Waals surface area contributed by atoms with Gasteiger partial charge in [-0.15, -0.1) is 0 Å². The first-order chi connectivity index (χ1) is 16.5. The fraction of sp³-hybridized carbons (Fsp3) is 0.423. The highest BCUT2D eigenvalue weighted by Crippen LogP contribution is 2.24. The van der Waals surface area contributed by atoms with Gasteiger partial charge in [-0.25, -0.2) is 9.37 Å². The topological polar surface area (TPSA) is 61.7 Å². The summed E-state index contributed by atoms with van der Waals surface area (Å²) in [4.78, 5) is 37.4. The molecule has 5 rings (SSSR count). The number of rotatable bonds is 4. The van der Waals surface area contributed by atoms with Gasteiger partial charge in [-0.1, -0.05) is 12.1 Å².